The zero-order valence-electron chi connectivity index (χ0n) is 18.1. The fourth-order valence-electron chi connectivity index (χ4n) is 2.47. The SMILES string of the molecule is COc1ccc(CCCl)cc1S(=O)(=O)Cl.COc1ccc(CCCl)cc1S(=O)ON(C)C. The van der Waals surface area contributed by atoms with Gasteiger partial charge in [0.1, 0.15) is 21.3 Å². The molecule has 12 heteroatoms. The summed E-state index contributed by atoms with van der Waals surface area (Å²) in [5.74, 6) is 1.73. The number of hydrogen-bond donors (Lipinski definition) is 0. The Labute approximate surface area is 206 Å². The molecule has 2 aromatic rings. The van der Waals surface area contributed by atoms with E-state index in [4.69, 9.17) is 47.6 Å². The van der Waals surface area contributed by atoms with E-state index in [1.165, 1.54) is 25.3 Å². The van der Waals surface area contributed by atoms with Gasteiger partial charge in [0, 0.05) is 36.5 Å². The molecule has 0 radical (unpaired) electrons. The standard InChI is InChI=1S/C11H16ClNO3S.C9H10Cl2O3S/c1-13(2)16-17(14)11-8-9(6-7-12)4-5-10(11)15-3;1-14-8-3-2-7(4-5-10)6-9(8)15(11,12)13/h4-5,8H,6-7H2,1-3H3;2-3,6H,4-5H2,1H3. The lowest BCUT2D eigenvalue weighted by Crippen LogP contribution is -2.15. The molecule has 180 valence electrons. The molecule has 0 aliphatic carbocycles. The number of ether oxygens (including phenoxy) is 2. The van der Waals surface area contributed by atoms with E-state index < -0.39 is 20.1 Å². The van der Waals surface area contributed by atoms with Crippen LogP contribution in [0.25, 0.3) is 0 Å². The van der Waals surface area contributed by atoms with Crippen LogP contribution in [0.1, 0.15) is 11.1 Å². The minimum Gasteiger partial charge on any atom is -0.495 e. The Hall–Kier alpha value is -1.07. The fraction of sp³-hybridized carbons (Fsp3) is 0.400. The number of alkyl halides is 2. The third-order valence-electron chi connectivity index (χ3n) is 3.88. The second-order valence-corrected chi connectivity index (χ2v) is 10.8. The highest BCUT2D eigenvalue weighted by atomic mass is 35.7. The van der Waals surface area contributed by atoms with Crippen molar-refractivity contribution in [3.8, 4) is 11.5 Å². The van der Waals surface area contributed by atoms with Crippen LogP contribution in [0, 0.1) is 0 Å². The first-order valence-corrected chi connectivity index (χ1v) is 13.7. The number of halogens is 3. The van der Waals surface area contributed by atoms with Crippen LogP contribution >= 0.6 is 33.9 Å². The van der Waals surface area contributed by atoms with Crippen molar-refractivity contribution in [1.29, 1.82) is 0 Å². The van der Waals surface area contributed by atoms with Crippen molar-refractivity contribution < 1.29 is 26.4 Å². The average molecular weight is 547 g/mol. The Morgan fingerprint density at radius 2 is 1.41 bits per heavy atom. The molecule has 1 atom stereocenters. The van der Waals surface area contributed by atoms with Crippen LogP contribution in [0.2, 0.25) is 0 Å². The average Bonchev–Trinajstić information content (AvgIpc) is 2.73. The van der Waals surface area contributed by atoms with E-state index in [1.807, 2.05) is 6.07 Å². The van der Waals surface area contributed by atoms with E-state index >= 15 is 0 Å². The monoisotopic (exact) mass is 545 g/mol. The maximum Gasteiger partial charge on any atom is 0.264 e. The molecule has 2 aromatic carbocycles. The van der Waals surface area contributed by atoms with Crippen molar-refractivity contribution in [3.63, 3.8) is 0 Å². The summed E-state index contributed by atoms with van der Waals surface area (Å²) in [6.45, 7) is 0. The van der Waals surface area contributed by atoms with Crippen molar-refractivity contribution in [2.75, 3.05) is 40.1 Å². The Balaban J connectivity index is 0.000000323. The molecule has 0 bridgehead atoms. The maximum absolute atomic E-state index is 11.9. The summed E-state index contributed by atoms with van der Waals surface area (Å²) in [6.07, 6.45) is 1.31. The number of hydrogen-bond acceptors (Lipinski definition) is 7. The van der Waals surface area contributed by atoms with Crippen LogP contribution in [0.4, 0.5) is 0 Å². The molecule has 0 heterocycles. The number of benzene rings is 2. The van der Waals surface area contributed by atoms with Gasteiger partial charge in [-0.2, -0.15) is 9.35 Å². The summed E-state index contributed by atoms with van der Waals surface area (Å²) >= 11 is 9.66. The molecule has 32 heavy (non-hydrogen) atoms. The lowest BCUT2D eigenvalue weighted by molar-refractivity contribution is 0.0136. The predicted molar refractivity (Wildman–Crippen MR) is 129 cm³/mol. The largest absolute Gasteiger partial charge is 0.495 e. The molecule has 0 fully saturated rings. The summed E-state index contributed by atoms with van der Waals surface area (Å²) in [5, 5.41) is 1.39. The molecule has 0 aliphatic rings. The Bertz CT molecular complexity index is 1000. The lowest BCUT2D eigenvalue weighted by atomic mass is 10.2. The zero-order chi connectivity index (χ0) is 24.3. The maximum atomic E-state index is 11.9. The van der Waals surface area contributed by atoms with Gasteiger partial charge in [-0.15, -0.1) is 23.2 Å². The van der Waals surface area contributed by atoms with Gasteiger partial charge in [0.15, 0.2) is 0 Å². The normalized spacial score (nSPS) is 12.1. The minimum absolute atomic E-state index is 0.0192. The summed E-state index contributed by atoms with van der Waals surface area (Å²) in [4.78, 5) is 0.498. The molecule has 0 spiro atoms. The van der Waals surface area contributed by atoms with Crippen molar-refractivity contribution in [3.05, 3.63) is 47.5 Å². The van der Waals surface area contributed by atoms with Crippen LogP contribution in [0.5, 0.6) is 11.5 Å². The lowest BCUT2D eigenvalue weighted by Gasteiger charge is -2.12. The summed E-state index contributed by atoms with van der Waals surface area (Å²) in [5.41, 5.74) is 1.82. The highest BCUT2D eigenvalue weighted by molar-refractivity contribution is 8.13. The second-order valence-electron chi connectivity index (χ2n) is 6.41. The number of nitrogens with zero attached hydrogens (tertiary/aromatic N) is 1. The highest BCUT2D eigenvalue weighted by Crippen LogP contribution is 2.28. The fourth-order valence-corrected chi connectivity index (χ4v) is 4.86. The predicted octanol–water partition coefficient (Wildman–Crippen LogP) is 4.40. The number of methoxy groups -OCH3 is 2. The van der Waals surface area contributed by atoms with Gasteiger partial charge in [0.05, 0.1) is 14.2 Å². The Morgan fingerprint density at radius 3 is 1.84 bits per heavy atom. The molecular weight excluding hydrogens is 521 g/mol. The Kier molecular flexibility index (Phi) is 12.9. The minimum atomic E-state index is -3.78. The molecule has 0 aromatic heterocycles. The first-order chi connectivity index (χ1) is 15.1. The van der Waals surface area contributed by atoms with Gasteiger partial charge >= 0.3 is 0 Å². The van der Waals surface area contributed by atoms with Crippen LogP contribution in [0.3, 0.4) is 0 Å². The van der Waals surface area contributed by atoms with Gasteiger partial charge in [-0.3, -0.25) is 0 Å². The molecule has 0 N–H and O–H groups in total. The van der Waals surface area contributed by atoms with Gasteiger partial charge in [0.2, 0.25) is 11.1 Å². The first-order valence-electron chi connectivity index (χ1n) is 9.25. The third-order valence-corrected chi connectivity index (χ3v) is 6.71. The number of aryl methyl sites for hydroxylation is 2. The van der Waals surface area contributed by atoms with Crippen molar-refractivity contribution >= 4 is 54.0 Å². The first kappa shape index (κ1) is 29.0. The Morgan fingerprint density at radius 1 is 0.906 bits per heavy atom. The third kappa shape index (κ3) is 9.43. The molecule has 0 saturated heterocycles. The molecule has 0 aliphatic heterocycles. The topological polar surface area (TPSA) is 82.1 Å². The molecule has 7 nitrogen and oxygen atoms in total. The van der Waals surface area contributed by atoms with E-state index in [0.717, 1.165) is 17.5 Å². The van der Waals surface area contributed by atoms with Crippen LogP contribution in [0.15, 0.2) is 46.2 Å². The van der Waals surface area contributed by atoms with Gasteiger partial charge < -0.3 is 9.47 Å². The summed E-state index contributed by atoms with van der Waals surface area (Å²) < 4.78 is 49.5. The van der Waals surface area contributed by atoms with E-state index in [1.54, 1.807) is 38.4 Å². The van der Waals surface area contributed by atoms with Crippen LogP contribution in [-0.2, 0) is 37.3 Å². The number of hydroxylamine groups is 2. The molecule has 0 amide bonds. The van der Waals surface area contributed by atoms with Crippen molar-refractivity contribution in [2.45, 2.75) is 22.6 Å². The zero-order valence-corrected chi connectivity index (χ0v) is 22.0. The van der Waals surface area contributed by atoms with Crippen LogP contribution in [-0.4, -0.2) is 57.8 Å². The second kappa shape index (κ2) is 14.2. The van der Waals surface area contributed by atoms with Crippen LogP contribution < -0.4 is 9.47 Å². The molecule has 0 saturated carbocycles. The molecular formula is C20H26Cl3NO6S2. The van der Waals surface area contributed by atoms with E-state index in [2.05, 4.69) is 0 Å². The van der Waals surface area contributed by atoms with Gasteiger partial charge in [0.25, 0.3) is 9.05 Å². The molecule has 1 unspecified atom stereocenters. The quantitative estimate of drug-likeness (QED) is 0.248. The van der Waals surface area contributed by atoms with Gasteiger partial charge in [-0.1, -0.05) is 12.1 Å². The van der Waals surface area contributed by atoms with E-state index in [-0.39, 0.29) is 10.6 Å². The van der Waals surface area contributed by atoms with E-state index in [9.17, 15) is 12.6 Å². The van der Waals surface area contributed by atoms with Crippen molar-refractivity contribution in [1.82, 2.24) is 5.06 Å². The smallest absolute Gasteiger partial charge is 0.264 e. The van der Waals surface area contributed by atoms with Gasteiger partial charge in [-0.25, -0.2) is 12.6 Å². The van der Waals surface area contributed by atoms with Gasteiger partial charge in [-0.05, 0) is 48.2 Å². The van der Waals surface area contributed by atoms with Crippen molar-refractivity contribution in [2.24, 2.45) is 0 Å². The highest BCUT2D eigenvalue weighted by Gasteiger charge is 2.17. The van der Waals surface area contributed by atoms with E-state index in [0.29, 0.717) is 28.8 Å². The molecule has 2 rings (SSSR count). The summed E-state index contributed by atoms with van der Waals surface area (Å²) in [7, 11) is 7.76. The number of rotatable bonds is 10. The summed E-state index contributed by atoms with van der Waals surface area (Å²) in [6, 6.07) is 10.3.